The lowest BCUT2D eigenvalue weighted by molar-refractivity contribution is -0.133. The van der Waals surface area contributed by atoms with Crippen LogP contribution in [-0.4, -0.2) is 59.6 Å². The van der Waals surface area contributed by atoms with Gasteiger partial charge in [-0.05, 0) is 30.9 Å². The zero-order valence-electron chi connectivity index (χ0n) is 14.9. The van der Waals surface area contributed by atoms with E-state index in [9.17, 15) is 9.90 Å². The SMILES string of the molecule is CC[C@H](O)CN1CCN(C(=O)CCc2ccc([C@@H]3C[C@@H]3C)o2)CC1. The molecule has 134 valence electrons. The van der Waals surface area contributed by atoms with Gasteiger partial charge in [-0.15, -0.1) is 0 Å². The van der Waals surface area contributed by atoms with E-state index in [1.54, 1.807) is 0 Å². The lowest BCUT2D eigenvalue weighted by Crippen LogP contribution is -2.50. The maximum atomic E-state index is 12.4. The Morgan fingerprint density at radius 2 is 2.04 bits per heavy atom. The molecule has 5 heteroatoms. The van der Waals surface area contributed by atoms with Crippen molar-refractivity contribution in [3.63, 3.8) is 0 Å². The molecule has 1 saturated carbocycles. The van der Waals surface area contributed by atoms with Crippen LogP contribution in [0.3, 0.4) is 0 Å². The normalized spacial score (nSPS) is 25.7. The van der Waals surface area contributed by atoms with Crippen LogP contribution in [0.1, 0.15) is 50.5 Å². The van der Waals surface area contributed by atoms with Gasteiger partial charge in [0.15, 0.2) is 0 Å². The van der Waals surface area contributed by atoms with Crippen molar-refractivity contribution in [1.29, 1.82) is 0 Å². The summed E-state index contributed by atoms with van der Waals surface area (Å²) in [7, 11) is 0. The fourth-order valence-electron chi connectivity index (χ4n) is 3.44. The van der Waals surface area contributed by atoms with Gasteiger partial charge in [0.2, 0.25) is 5.91 Å². The molecular formula is C19H30N2O3. The highest BCUT2D eigenvalue weighted by Gasteiger charge is 2.36. The topological polar surface area (TPSA) is 56.9 Å². The highest BCUT2D eigenvalue weighted by molar-refractivity contribution is 5.76. The van der Waals surface area contributed by atoms with Crippen LogP contribution in [0, 0.1) is 5.92 Å². The highest BCUT2D eigenvalue weighted by atomic mass is 16.3. The summed E-state index contributed by atoms with van der Waals surface area (Å²) in [5.41, 5.74) is 0. The number of aliphatic hydroxyl groups is 1. The molecule has 1 aliphatic carbocycles. The number of aryl methyl sites for hydroxylation is 1. The molecule has 5 nitrogen and oxygen atoms in total. The van der Waals surface area contributed by atoms with Crippen molar-refractivity contribution in [3.05, 3.63) is 23.7 Å². The average Bonchev–Trinajstić information content (AvgIpc) is 3.13. The molecule has 3 rings (SSSR count). The number of hydrogen-bond donors (Lipinski definition) is 1. The van der Waals surface area contributed by atoms with Crippen LogP contribution >= 0.6 is 0 Å². The summed E-state index contributed by atoms with van der Waals surface area (Å²) in [4.78, 5) is 16.6. The smallest absolute Gasteiger partial charge is 0.223 e. The Labute approximate surface area is 144 Å². The van der Waals surface area contributed by atoms with Crippen LogP contribution in [0.15, 0.2) is 16.5 Å². The van der Waals surface area contributed by atoms with Crippen molar-refractivity contribution in [1.82, 2.24) is 9.80 Å². The minimum Gasteiger partial charge on any atom is -0.466 e. The monoisotopic (exact) mass is 334 g/mol. The second kappa shape index (κ2) is 7.70. The molecule has 0 spiro atoms. The van der Waals surface area contributed by atoms with Gasteiger partial charge in [0.05, 0.1) is 6.10 Å². The summed E-state index contributed by atoms with van der Waals surface area (Å²) < 4.78 is 5.88. The molecule has 2 aliphatic rings. The summed E-state index contributed by atoms with van der Waals surface area (Å²) in [6.07, 6.45) is 2.96. The Morgan fingerprint density at radius 3 is 2.67 bits per heavy atom. The first kappa shape index (κ1) is 17.5. The largest absolute Gasteiger partial charge is 0.466 e. The predicted octanol–water partition coefficient (Wildman–Crippen LogP) is 2.25. The molecule has 24 heavy (non-hydrogen) atoms. The van der Waals surface area contributed by atoms with E-state index in [2.05, 4.69) is 17.9 Å². The molecule has 0 radical (unpaired) electrons. The molecule has 1 N–H and O–H groups in total. The number of hydrogen-bond acceptors (Lipinski definition) is 4. The van der Waals surface area contributed by atoms with Crippen molar-refractivity contribution < 1.29 is 14.3 Å². The number of rotatable bonds is 7. The molecule has 0 aromatic carbocycles. The molecule has 2 heterocycles. The van der Waals surface area contributed by atoms with Crippen molar-refractivity contribution >= 4 is 5.91 Å². The molecule has 1 aromatic rings. The van der Waals surface area contributed by atoms with Gasteiger partial charge in [0, 0.05) is 51.5 Å². The standard InChI is InChI=1S/C19H30N2O3/c1-3-15(22)13-20-8-10-21(11-9-20)19(23)7-5-16-4-6-18(24-16)17-12-14(17)2/h4,6,14-15,17,22H,3,5,7-13H2,1-2H3/t14-,15-,17+/m0/s1. The summed E-state index contributed by atoms with van der Waals surface area (Å²) in [6, 6.07) is 4.10. The van der Waals surface area contributed by atoms with Crippen LogP contribution in [0.4, 0.5) is 0 Å². The van der Waals surface area contributed by atoms with Gasteiger partial charge in [0.1, 0.15) is 11.5 Å². The quantitative estimate of drug-likeness (QED) is 0.831. The number of furan rings is 1. The average molecular weight is 334 g/mol. The van der Waals surface area contributed by atoms with E-state index in [0.717, 1.165) is 50.0 Å². The van der Waals surface area contributed by atoms with Crippen molar-refractivity contribution in [3.8, 4) is 0 Å². The Bertz CT molecular complexity index is 549. The number of β-amino-alcohol motifs (C(OH)–C–C–N with tert-alkyl or cyclic N) is 1. The van der Waals surface area contributed by atoms with Gasteiger partial charge in [-0.1, -0.05) is 13.8 Å². The van der Waals surface area contributed by atoms with E-state index in [-0.39, 0.29) is 12.0 Å². The molecule has 1 aromatic heterocycles. The third kappa shape index (κ3) is 4.39. The first-order valence-corrected chi connectivity index (χ1v) is 9.33. The molecule has 1 amide bonds. The molecule has 1 aliphatic heterocycles. The molecule has 0 bridgehead atoms. The number of carbonyl (C=O) groups is 1. The minimum atomic E-state index is -0.255. The van der Waals surface area contributed by atoms with Gasteiger partial charge >= 0.3 is 0 Å². The summed E-state index contributed by atoms with van der Waals surface area (Å²) in [5, 5.41) is 9.72. The van der Waals surface area contributed by atoms with Crippen LogP contribution in [0.2, 0.25) is 0 Å². The fraction of sp³-hybridized carbons (Fsp3) is 0.737. The fourth-order valence-corrected chi connectivity index (χ4v) is 3.44. The second-order valence-electron chi connectivity index (χ2n) is 7.37. The first-order chi connectivity index (χ1) is 11.6. The number of amides is 1. The van der Waals surface area contributed by atoms with Crippen molar-refractivity contribution in [2.24, 2.45) is 5.92 Å². The predicted molar refractivity (Wildman–Crippen MR) is 92.9 cm³/mol. The Morgan fingerprint density at radius 1 is 1.33 bits per heavy atom. The zero-order valence-corrected chi connectivity index (χ0v) is 14.9. The Hall–Kier alpha value is -1.33. The van der Waals surface area contributed by atoms with Crippen LogP contribution in [0.25, 0.3) is 0 Å². The van der Waals surface area contributed by atoms with Gasteiger partial charge in [-0.2, -0.15) is 0 Å². The molecule has 2 fully saturated rings. The number of piperazine rings is 1. The van der Waals surface area contributed by atoms with E-state index in [1.165, 1.54) is 6.42 Å². The van der Waals surface area contributed by atoms with E-state index < -0.39 is 0 Å². The molecule has 1 saturated heterocycles. The van der Waals surface area contributed by atoms with E-state index in [0.29, 0.717) is 25.3 Å². The van der Waals surface area contributed by atoms with Crippen molar-refractivity contribution in [2.75, 3.05) is 32.7 Å². The number of nitrogens with zero attached hydrogens (tertiary/aromatic N) is 2. The molecular weight excluding hydrogens is 304 g/mol. The lowest BCUT2D eigenvalue weighted by Gasteiger charge is -2.35. The van der Waals surface area contributed by atoms with Crippen LogP contribution in [-0.2, 0) is 11.2 Å². The minimum absolute atomic E-state index is 0.212. The summed E-state index contributed by atoms with van der Waals surface area (Å²) in [5.74, 6) is 3.58. The zero-order chi connectivity index (χ0) is 17.1. The van der Waals surface area contributed by atoms with E-state index >= 15 is 0 Å². The van der Waals surface area contributed by atoms with E-state index in [1.807, 2.05) is 17.9 Å². The van der Waals surface area contributed by atoms with Gasteiger partial charge in [-0.3, -0.25) is 9.69 Å². The lowest BCUT2D eigenvalue weighted by atomic mass is 10.2. The van der Waals surface area contributed by atoms with Crippen LogP contribution < -0.4 is 0 Å². The van der Waals surface area contributed by atoms with Gasteiger partial charge in [0.25, 0.3) is 0 Å². The maximum Gasteiger partial charge on any atom is 0.223 e. The summed E-state index contributed by atoms with van der Waals surface area (Å²) >= 11 is 0. The number of aliphatic hydroxyl groups excluding tert-OH is 1. The van der Waals surface area contributed by atoms with Gasteiger partial charge < -0.3 is 14.4 Å². The number of carbonyl (C=O) groups excluding carboxylic acids is 1. The second-order valence-corrected chi connectivity index (χ2v) is 7.37. The van der Waals surface area contributed by atoms with Crippen molar-refractivity contribution in [2.45, 2.75) is 51.6 Å². The molecule has 0 unspecified atom stereocenters. The first-order valence-electron chi connectivity index (χ1n) is 9.33. The maximum absolute atomic E-state index is 12.4. The van der Waals surface area contributed by atoms with Crippen LogP contribution in [0.5, 0.6) is 0 Å². The summed E-state index contributed by atoms with van der Waals surface area (Å²) in [6.45, 7) is 8.19. The third-order valence-corrected chi connectivity index (χ3v) is 5.41. The van der Waals surface area contributed by atoms with E-state index in [4.69, 9.17) is 4.42 Å². The Kier molecular flexibility index (Phi) is 5.61. The highest BCUT2D eigenvalue weighted by Crippen LogP contribution is 2.47. The van der Waals surface area contributed by atoms with Gasteiger partial charge in [-0.25, -0.2) is 0 Å². The Balaban J connectivity index is 1.39. The molecule has 3 atom stereocenters. The third-order valence-electron chi connectivity index (χ3n) is 5.41.